The van der Waals surface area contributed by atoms with Crippen LogP contribution in [0.1, 0.15) is 45.2 Å². The zero-order valence-electron chi connectivity index (χ0n) is 13.7. The lowest BCUT2D eigenvalue weighted by atomic mass is 9.95. The third-order valence-corrected chi connectivity index (χ3v) is 4.36. The number of benzene rings is 1. The Hall–Kier alpha value is -1.59. The average Bonchev–Trinajstić information content (AvgIpc) is 2.90. The van der Waals surface area contributed by atoms with Crippen molar-refractivity contribution in [1.82, 2.24) is 5.32 Å². The molecule has 2 amide bonds. The number of hydrogen-bond donors (Lipinski definition) is 2. The third-order valence-electron chi connectivity index (χ3n) is 4.36. The number of ether oxygens (including phenoxy) is 2. The summed E-state index contributed by atoms with van der Waals surface area (Å²) in [6.07, 6.45) is 0.797. The Kier molecular flexibility index (Phi) is 3.65. The highest BCUT2D eigenvalue weighted by molar-refractivity contribution is 5.89. The maximum absolute atomic E-state index is 12.3. The van der Waals surface area contributed by atoms with Crippen LogP contribution in [0.3, 0.4) is 0 Å². The minimum Gasteiger partial charge on any atom is -0.372 e. The number of amides is 2. The Labute approximate surface area is 131 Å². The summed E-state index contributed by atoms with van der Waals surface area (Å²) in [6.45, 7) is 9.40. The monoisotopic (exact) mass is 304 g/mol. The first-order valence-electron chi connectivity index (χ1n) is 7.72. The molecule has 2 aliphatic heterocycles. The number of carbonyl (C=O) groups is 1. The van der Waals surface area contributed by atoms with Gasteiger partial charge in [0.05, 0.1) is 30.5 Å². The standard InChI is InChI=1S/C17H24N2O3/c1-16(2)8-14(17(3,4)22-16)19-15(20)18-13-6-5-11-9-21-10-12(11)7-13/h5-7,14H,8-10H2,1-4H3,(H2,18,19,20)/t14-/m0/s1. The van der Waals surface area contributed by atoms with Crippen LogP contribution in [0, 0.1) is 0 Å². The Balaban J connectivity index is 1.63. The van der Waals surface area contributed by atoms with Crippen LogP contribution in [0.4, 0.5) is 10.5 Å². The number of nitrogens with one attached hydrogen (secondary N) is 2. The van der Waals surface area contributed by atoms with Gasteiger partial charge in [-0.3, -0.25) is 0 Å². The molecule has 0 bridgehead atoms. The molecular formula is C17H24N2O3. The van der Waals surface area contributed by atoms with Gasteiger partial charge in [-0.05, 0) is 57.4 Å². The number of hydrogen-bond acceptors (Lipinski definition) is 3. The second-order valence-corrected chi connectivity index (χ2v) is 7.30. The summed E-state index contributed by atoms with van der Waals surface area (Å²) in [5.41, 5.74) is 2.54. The highest BCUT2D eigenvalue weighted by Crippen LogP contribution is 2.37. The van der Waals surface area contributed by atoms with Crippen LogP contribution in [0.5, 0.6) is 0 Å². The van der Waals surface area contributed by atoms with E-state index in [0.717, 1.165) is 17.7 Å². The SMILES string of the molecule is CC1(C)C[C@H](NC(=O)Nc2ccc3c(c2)COC3)C(C)(C)O1. The van der Waals surface area contributed by atoms with E-state index in [1.54, 1.807) is 0 Å². The van der Waals surface area contributed by atoms with Crippen LogP contribution < -0.4 is 10.6 Å². The Bertz CT molecular complexity index is 596. The van der Waals surface area contributed by atoms with Gasteiger partial charge in [0.1, 0.15) is 0 Å². The van der Waals surface area contributed by atoms with E-state index >= 15 is 0 Å². The van der Waals surface area contributed by atoms with Gasteiger partial charge in [0, 0.05) is 5.69 Å². The Morgan fingerprint density at radius 2 is 1.91 bits per heavy atom. The van der Waals surface area contributed by atoms with Gasteiger partial charge in [-0.25, -0.2) is 4.79 Å². The molecule has 2 N–H and O–H groups in total. The van der Waals surface area contributed by atoms with Crippen LogP contribution in [0.2, 0.25) is 0 Å². The zero-order valence-corrected chi connectivity index (χ0v) is 13.7. The average molecular weight is 304 g/mol. The fourth-order valence-corrected chi connectivity index (χ4v) is 3.36. The normalized spacial score (nSPS) is 24.8. The first-order valence-corrected chi connectivity index (χ1v) is 7.72. The second-order valence-electron chi connectivity index (χ2n) is 7.30. The van der Waals surface area contributed by atoms with E-state index in [1.165, 1.54) is 5.56 Å². The van der Waals surface area contributed by atoms with Crippen LogP contribution in [-0.2, 0) is 22.7 Å². The summed E-state index contributed by atoms with van der Waals surface area (Å²) < 4.78 is 11.4. The summed E-state index contributed by atoms with van der Waals surface area (Å²) in [5, 5.41) is 5.94. The smallest absolute Gasteiger partial charge is 0.319 e. The second kappa shape index (κ2) is 5.25. The maximum atomic E-state index is 12.3. The summed E-state index contributed by atoms with van der Waals surface area (Å²) in [4.78, 5) is 12.3. The van der Waals surface area contributed by atoms with Crippen LogP contribution in [-0.4, -0.2) is 23.3 Å². The lowest BCUT2D eigenvalue weighted by molar-refractivity contribution is -0.0689. The van der Waals surface area contributed by atoms with Gasteiger partial charge in [0.25, 0.3) is 0 Å². The molecule has 0 radical (unpaired) electrons. The first kappa shape index (κ1) is 15.3. The number of anilines is 1. The molecule has 5 heteroatoms. The van der Waals surface area contributed by atoms with Gasteiger partial charge in [0.2, 0.25) is 0 Å². The van der Waals surface area contributed by atoms with E-state index in [4.69, 9.17) is 9.47 Å². The molecule has 2 aliphatic rings. The highest BCUT2D eigenvalue weighted by atomic mass is 16.5. The predicted octanol–water partition coefficient (Wildman–Crippen LogP) is 3.18. The van der Waals surface area contributed by atoms with Gasteiger partial charge in [0.15, 0.2) is 0 Å². The van der Waals surface area contributed by atoms with Gasteiger partial charge in [-0.1, -0.05) is 6.07 Å². The third kappa shape index (κ3) is 3.10. The van der Waals surface area contributed by atoms with Crippen molar-refractivity contribution in [2.24, 2.45) is 0 Å². The molecule has 0 aliphatic carbocycles. The molecule has 1 fully saturated rings. The predicted molar refractivity (Wildman–Crippen MR) is 84.7 cm³/mol. The molecule has 0 aromatic heterocycles. The Morgan fingerprint density at radius 1 is 1.18 bits per heavy atom. The summed E-state index contributed by atoms with van der Waals surface area (Å²) in [6, 6.07) is 5.68. The minimum atomic E-state index is -0.368. The number of fused-ring (bicyclic) bond motifs is 1. The van der Waals surface area contributed by atoms with Crippen molar-refractivity contribution >= 4 is 11.7 Å². The van der Waals surface area contributed by atoms with Crippen molar-refractivity contribution < 1.29 is 14.3 Å². The summed E-state index contributed by atoms with van der Waals surface area (Å²) in [7, 11) is 0. The fraction of sp³-hybridized carbons (Fsp3) is 0.588. The molecule has 0 spiro atoms. The lowest BCUT2D eigenvalue weighted by Gasteiger charge is -2.27. The van der Waals surface area contributed by atoms with Crippen LogP contribution >= 0.6 is 0 Å². The first-order chi connectivity index (χ1) is 10.3. The van der Waals surface area contributed by atoms with E-state index in [1.807, 2.05) is 32.0 Å². The largest absolute Gasteiger partial charge is 0.372 e. The highest BCUT2D eigenvalue weighted by Gasteiger charge is 2.46. The molecule has 2 heterocycles. The topological polar surface area (TPSA) is 59.6 Å². The van der Waals surface area contributed by atoms with Crippen molar-refractivity contribution in [2.75, 3.05) is 5.32 Å². The Morgan fingerprint density at radius 3 is 2.59 bits per heavy atom. The minimum absolute atomic E-state index is 0.0136. The van der Waals surface area contributed by atoms with Crippen LogP contribution in [0.15, 0.2) is 18.2 Å². The van der Waals surface area contributed by atoms with E-state index in [9.17, 15) is 4.79 Å². The quantitative estimate of drug-likeness (QED) is 0.882. The number of rotatable bonds is 2. The molecule has 3 rings (SSSR count). The lowest BCUT2D eigenvalue weighted by Crippen LogP contribution is -2.47. The molecule has 0 saturated carbocycles. The summed E-state index contributed by atoms with van der Waals surface area (Å²) in [5.74, 6) is 0. The van der Waals surface area contributed by atoms with E-state index < -0.39 is 0 Å². The molecule has 1 aromatic carbocycles. The zero-order chi connectivity index (χ0) is 16.0. The van der Waals surface area contributed by atoms with Gasteiger partial charge in [-0.15, -0.1) is 0 Å². The van der Waals surface area contributed by atoms with Gasteiger partial charge < -0.3 is 20.1 Å². The van der Waals surface area contributed by atoms with E-state index in [2.05, 4.69) is 24.5 Å². The summed E-state index contributed by atoms with van der Waals surface area (Å²) >= 11 is 0. The van der Waals surface area contributed by atoms with Crippen molar-refractivity contribution in [1.29, 1.82) is 0 Å². The van der Waals surface area contributed by atoms with Gasteiger partial charge in [-0.2, -0.15) is 0 Å². The molecular weight excluding hydrogens is 280 g/mol. The van der Waals surface area contributed by atoms with Crippen molar-refractivity contribution in [3.63, 3.8) is 0 Å². The number of urea groups is 1. The van der Waals surface area contributed by atoms with Crippen LogP contribution in [0.25, 0.3) is 0 Å². The van der Waals surface area contributed by atoms with Gasteiger partial charge >= 0.3 is 6.03 Å². The van der Waals surface area contributed by atoms with Crippen molar-refractivity contribution in [3.05, 3.63) is 29.3 Å². The van der Waals surface area contributed by atoms with Crippen molar-refractivity contribution in [2.45, 2.75) is 64.6 Å². The maximum Gasteiger partial charge on any atom is 0.319 e. The molecule has 0 unspecified atom stereocenters. The molecule has 1 saturated heterocycles. The van der Waals surface area contributed by atoms with E-state index in [-0.39, 0.29) is 23.3 Å². The molecule has 22 heavy (non-hydrogen) atoms. The van der Waals surface area contributed by atoms with Crippen molar-refractivity contribution in [3.8, 4) is 0 Å². The van der Waals surface area contributed by atoms with E-state index in [0.29, 0.717) is 13.2 Å². The molecule has 120 valence electrons. The molecule has 1 atom stereocenters. The molecule has 1 aromatic rings. The fourth-order valence-electron chi connectivity index (χ4n) is 3.36. The molecule has 5 nitrogen and oxygen atoms in total. The number of carbonyl (C=O) groups excluding carboxylic acids is 1.